The normalized spacial score (nSPS) is 13.2. The Labute approximate surface area is 111 Å². The maximum atomic E-state index is 10.0. The summed E-state index contributed by atoms with van der Waals surface area (Å²) < 4.78 is 0. The van der Waals surface area contributed by atoms with Gasteiger partial charge in [0, 0.05) is 0 Å². The van der Waals surface area contributed by atoms with Crippen LogP contribution >= 0.6 is 0 Å². The van der Waals surface area contributed by atoms with Crippen LogP contribution in [0.3, 0.4) is 0 Å². The third kappa shape index (κ3) is 5.83. The fraction of sp³-hybridized carbons (Fsp3) is 0.412. The molecule has 0 amide bonds. The van der Waals surface area contributed by atoms with Crippen molar-refractivity contribution in [2.75, 3.05) is 0 Å². The van der Waals surface area contributed by atoms with Crippen molar-refractivity contribution < 1.29 is 5.11 Å². The van der Waals surface area contributed by atoms with Gasteiger partial charge in [-0.25, -0.2) is 0 Å². The first kappa shape index (κ1) is 14.7. The number of aliphatic hydroxyl groups is 1. The van der Waals surface area contributed by atoms with E-state index in [1.807, 2.05) is 30.3 Å². The molecule has 1 rings (SSSR count). The number of hydrogen-bond acceptors (Lipinski definition) is 1. The Morgan fingerprint density at radius 2 is 1.78 bits per heavy atom. The molecule has 98 valence electrons. The van der Waals surface area contributed by atoms with Crippen molar-refractivity contribution in [3.8, 4) is 0 Å². The van der Waals surface area contributed by atoms with Crippen LogP contribution in [0.4, 0.5) is 0 Å². The van der Waals surface area contributed by atoms with E-state index in [0.29, 0.717) is 6.42 Å². The van der Waals surface area contributed by atoms with Gasteiger partial charge in [-0.3, -0.25) is 0 Å². The molecule has 1 N–H and O–H groups in total. The second kappa shape index (κ2) is 7.88. The Kier molecular flexibility index (Phi) is 6.45. The first-order chi connectivity index (χ1) is 8.59. The molecule has 0 aliphatic rings. The minimum atomic E-state index is -0.385. The summed E-state index contributed by atoms with van der Waals surface area (Å²) in [6.07, 6.45) is 6.88. The van der Waals surface area contributed by atoms with Gasteiger partial charge in [0.15, 0.2) is 0 Å². The maximum absolute atomic E-state index is 10.0. The SMILES string of the molecule is CC(C)=CCC/C(C)=C/CC(O)c1ccccc1. The van der Waals surface area contributed by atoms with Crippen LogP contribution in [0.1, 0.15) is 51.7 Å². The van der Waals surface area contributed by atoms with Crippen LogP contribution in [-0.2, 0) is 0 Å². The van der Waals surface area contributed by atoms with E-state index in [-0.39, 0.29) is 6.10 Å². The number of benzene rings is 1. The molecule has 0 spiro atoms. The number of aliphatic hydroxyl groups excluding tert-OH is 1. The highest BCUT2D eigenvalue weighted by Gasteiger charge is 2.04. The lowest BCUT2D eigenvalue weighted by Crippen LogP contribution is -1.95. The van der Waals surface area contributed by atoms with Gasteiger partial charge in [-0.15, -0.1) is 0 Å². The zero-order valence-corrected chi connectivity index (χ0v) is 11.7. The van der Waals surface area contributed by atoms with Crippen molar-refractivity contribution in [3.63, 3.8) is 0 Å². The minimum Gasteiger partial charge on any atom is -0.388 e. The van der Waals surface area contributed by atoms with Gasteiger partial charge >= 0.3 is 0 Å². The van der Waals surface area contributed by atoms with Gasteiger partial charge in [0.05, 0.1) is 6.10 Å². The summed E-state index contributed by atoms with van der Waals surface area (Å²) in [4.78, 5) is 0. The van der Waals surface area contributed by atoms with Gasteiger partial charge in [0.1, 0.15) is 0 Å². The van der Waals surface area contributed by atoms with Crippen molar-refractivity contribution in [3.05, 3.63) is 59.2 Å². The highest BCUT2D eigenvalue weighted by Crippen LogP contribution is 2.18. The van der Waals surface area contributed by atoms with E-state index in [4.69, 9.17) is 0 Å². The van der Waals surface area contributed by atoms with E-state index in [2.05, 4.69) is 32.9 Å². The summed E-state index contributed by atoms with van der Waals surface area (Å²) >= 11 is 0. The Bertz CT molecular complexity index is 397. The number of rotatable bonds is 6. The van der Waals surface area contributed by atoms with Gasteiger partial charge in [0.2, 0.25) is 0 Å². The molecule has 1 heteroatoms. The van der Waals surface area contributed by atoms with Crippen LogP contribution in [0.2, 0.25) is 0 Å². The maximum Gasteiger partial charge on any atom is 0.0824 e. The van der Waals surface area contributed by atoms with Crippen LogP contribution in [0.5, 0.6) is 0 Å². The van der Waals surface area contributed by atoms with Crippen molar-refractivity contribution >= 4 is 0 Å². The van der Waals surface area contributed by atoms with E-state index in [1.54, 1.807) is 0 Å². The summed E-state index contributed by atoms with van der Waals surface area (Å²) in [7, 11) is 0. The lowest BCUT2D eigenvalue weighted by atomic mass is 10.0. The number of allylic oxidation sites excluding steroid dienone is 3. The zero-order chi connectivity index (χ0) is 13.4. The molecule has 0 aliphatic heterocycles. The third-order valence-corrected chi connectivity index (χ3v) is 2.97. The molecule has 0 saturated heterocycles. The van der Waals surface area contributed by atoms with E-state index >= 15 is 0 Å². The molecule has 1 aromatic rings. The molecular formula is C17H24O. The van der Waals surface area contributed by atoms with Crippen LogP contribution in [-0.4, -0.2) is 5.11 Å². The first-order valence-electron chi connectivity index (χ1n) is 6.61. The van der Waals surface area contributed by atoms with Gasteiger partial charge in [0.25, 0.3) is 0 Å². The average Bonchev–Trinajstić information content (AvgIpc) is 2.36. The predicted molar refractivity (Wildman–Crippen MR) is 78.4 cm³/mol. The predicted octanol–water partition coefficient (Wildman–Crippen LogP) is 4.80. The Morgan fingerprint density at radius 3 is 2.39 bits per heavy atom. The highest BCUT2D eigenvalue weighted by molar-refractivity contribution is 5.18. The molecule has 1 aromatic carbocycles. The standard InChI is InChI=1S/C17H24O/c1-14(2)8-7-9-15(3)12-13-17(18)16-10-5-4-6-11-16/h4-6,8,10-12,17-18H,7,9,13H2,1-3H3/b15-12+. The van der Waals surface area contributed by atoms with Crippen LogP contribution in [0, 0.1) is 0 Å². The molecule has 18 heavy (non-hydrogen) atoms. The Balaban J connectivity index is 2.41. The molecule has 1 atom stereocenters. The van der Waals surface area contributed by atoms with Crippen molar-refractivity contribution in [1.29, 1.82) is 0 Å². The van der Waals surface area contributed by atoms with E-state index < -0.39 is 0 Å². The fourth-order valence-corrected chi connectivity index (χ4v) is 1.81. The lowest BCUT2D eigenvalue weighted by molar-refractivity contribution is 0.181. The van der Waals surface area contributed by atoms with Crippen LogP contribution < -0.4 is 0 Å². The minimum absolute atomic E-state index is 0.385. The summed E-state index contributed by atoms with van der Waals surface area (Å²) in [5.41, 5.74) is 3.71. The summed E-state index contributed by atoms with van der Waals surface area (Å²) in [5, 5.41) is 10.0. The summed E-state index contributed by atoms with van der Waals surface area (Å²) in [5.74, 6) is 0. The lowest BCUT2D eigenvalue weighted by Gasteiger charge is -2.08. The van der Waals surface area contributed by atoms with Gasteiger partial charge in [-0.1, -0.05) is 53.6 Å². The first-order valence-corrected chi connectivity index (χ1v) is 6.61. The molecule has 0 fully saturated rings. The van der Waals surface area contributed by atoms with Crippen molar-refractivity contribution in [2.24, 2.45) is 0 Å². The quantitative estimate of drug-likeness (QED) is 0.712. The average molecular weight is 244 g/mol. The smallest absolute Gasteiger partial charge is 0.0824 e. The molecule has 0 heterocycles. The van der Waals surface area contributed by atoms with Gasteiger partial charge < -0.3 is 5.11 Å². The van der Waals surface area contributed by atoms with E-state index in [0.717, 1.165) is 18.4 Å². The largest absolute Gasteiger partial charge is 0.388 e. The second-order valence-electron chi connectivity index (χ2n) is 5.03. The van der Waals surface area contributed by atoms with Crippen molar-refractivity contribution in [2.45, 2.75) is 46.1 Å². The van der Waals surface area contributed by atoms with E-state index in [9.17, 15) is 5.11 Å². The number of hydrogen-bond donors (Lipinski definition) is 1. The van der Waals surface area contributed by atoms with Crippen molar-refractivity contribution in [1.82, 2.24) is 0 Å². The molecule has 1 unspecified atom stereocenters. The second-order valence-corrected chi connectivity index (χ2v) is 5.03. The molecule has 0 aliphatic carbocycles. The molecule has 0 saturated carbocycles. The zero-order valence-electron chi connectivity index (χ0n) is 11.7. The highest BCUT2D eigenvalue weighted by atomic mass is 16.3. The van der Waals surface area contributed by atoms with E-state index in [1.165, 1.54) is 11.1 Å². The fourth-order valence-electron chi connectivity index (χ4n) is 1.81. The monoisotopic (exact) mass is 244 g/mol. The Morgan fingerprint density at radius 1 is 1.11 bits per heavy atom. The summed E-state index contributed by atoms with van der Waals surface area (Å²) in [6, 6.07) is 9.83. The van der Waals surface area contributed by atoms with Crippen LogP contribution in [0.25, 0.3) is 0 Å². The summed E-state index contributed by atoms with van der Waals surface area (Å²) in [6.45, 7) is 6.38. The van der Waals surface area contributed by atoms with Gasteiger partial charge in [-0.2, -0.15) is 0 Å². The molecule has 0 radical (unpaired) electrons. The molecule has 0 bridgehead atoms. The topological polar surface area (TPSA) is 20.2 Å². The molecular weight excluding hydrogens is 220 g/mol. The molecule has 1 nitrogen and oxygen atoms in total. The van der Waals surface area contributed by atoms with Gasteiger partial charge in [-0.05, 0) is 45.6 Å². The third-order valence-electron chi connectivity index (χ3n) is 2.97. The molecule has 0 aromatic heterocycles. The van der Waals surface area contributed by atoms with Crippen LogP contribution in [0.15, 0.2) is 53.6 Å². The Hall–Kier alpha value is -1.34.